The highest BCUT2D eigenvalue weighted by Crippen LogP contribution is 2.21. The van der Waals surface area contributed by atoms with Crippen molar-refractivity contribution in [2.45, 2.75) is 13.8 Å². The normalized spacial score (nSPS) is 10.5. The van der Waals surface area contributed by atoms with Crippen LogP contribution in [0, 0.1) is 12.7 Å². The van der Waals surface area contributed by atoms with Gasteiger partial charge in [0.2, 0.25) is 0 Å². The van der Waals surface area contributed by atoms with Crippen molar-refractivity contribution in [2.75, 3.05) is 12.3 Å². The number of halogens is 1. The second kappa shape index (κ2) is 5.09. The number of nitrogens with two attached hydrogens (primary N) is 1. The number of benzene rings is 1. The molecular weight excluding hydrogens is 249 g/mol. The summed E-state index contributed by atoms with van der Waals surface area (Å²) in [5.74, 6) is -0.684. The highest BCUT2D eigenvalue weighted by molar-refractivity contribution is 5.94. The van der Waals surface area contributed by atoms with Gasteiger partial charge in [-0.05, 0) is 37.6 Å². The van der Waals surface area contributed by atoms with Gasteiger partial charge in [0.25, 0.3) is 0 Å². The number of aryl methyl sites for hydroxylation is 1. The zero-order valence-corrected chi connectivity index (χ0v) is 10.7. The number of nitrogen functional groups attached to an aromatic ring is 1. The number of nitrogens with zero attached hydrogens (tertiary/aromatic N) is 2. The molecule has 0 aliphatic carbocycles. The molecule has 19 heavy (non-hydrogen) atoms. The van der Waals surface area contributed by atoms with Gasteiger partial charge in [-0.25, -0.2) is 13.9 Å². The Morgan fingerprint density at radius 2 is 2.26 bits per heavy atom. The minimum atomic E-state index is -0.522. The summed E-state index contributed by atoms with van der Waals surface area (Å²) >= 11 is 0. The zero-order valence-electron chi connectivity index (χ0n) is 10.7. The van der Waals surface area contributed by atoms with Gasteiger partial charge in [-0.15, -0.1) is 0 Å². The Balaban J connectivity index is 2.44. The van der Waals surface area contributed by atoms with Crippen molar-refractivity contribution in [2.24, 2.45) is 0 Å². The number of carbonyl (C=O) groups excluding carboxylic acids is 1. The fourth-order valence-corrected chi connectivity index (χ4v) is 1.77. The Kier molecular flexibility index (Phi) is 3.50. The number of esters is 1. The summed E-state index contributed by atoms with van der Waals surface area (Å²) in [5.41, 5.74) is 7.37. The van der Waals surface area contributed by atoms with Crippen LogP contribution in [0.4, 0.5) is 10.2 Å². The van der Waals surface area contributed by atoms with Crippen LogP contribution in [0.15, 0.2) is 24.4 Å². The van der Waals surface area contributed by atoms with E-state index in [4.69, 9.17) is 10.5 Å². The van der Waals surface area contributed by atoms with Crippen molar-refractivity contribution in [3.8, 4) is 5.69 Å². The fourth-order valence-electron chi connectivity index (χ4n) is 1.77. The van der Waals surface area contributed by atoms with Crippen molar-refractivity contribution >= 4 is 11.8 Å². The molecule has 2 rings (SSSR count). The van der Waals surface area contributed by atoms with Crippen molar-refractivity contribution in [3.05, 3.63) is 41.3 Å². The molecule has 1 heterocycles. The third-order valence-corrected chi connectivity index (χ3v) is 2.69. The van der Waals surface area contributed by atoms with Gasteiger partial charge in [-0.3, -0.25) is 0 Å². The molecule has 0 saturated carbocycles. The minimum absolute atomic E-state index is 0.174. The monoisotopic (exact) mass is 263 g/mol. The SMILES string of the molecule is CCOC(=O)c1cnn(-c2ccc(F)cc2C)c1N. The largest absolute Gasteiger partial charge is 0.462 e. The van der Waals surface area contributed by atoms with Crippen molar-refractivity contribution in [1.82, 2.24) is 9.78 Å². The maximum atomic E-state index is 13.1. The lowest BCUT2D eigenvalue weighted by atomic mass is 10.2. The minimum Gasteiger partial charge on any atom is -0.462 e. The summed E-state index contributed by atoms with van der Waals surface area (Å²) in [5, 5.41) is 4.05. The van der Waals surface area contributed by atoms with Crippen LogP contribution >= 0.6 is 0 Å². The van der Waals surface area contributed by atoms with Gasteiger partial charge in [0.05, 0.1) is 18.5 Å². The van der Waals surface area contributed by atoms with Crippen LogP contribution < -0.4 is 5.73 Å². The quantitative estimate of drug-likeness (QED) is 0.861. The van der Waals surface area contributed by atoms with Crippen molar-refractivity contribution in [1.29, 1.82) is 0 Å². The molecule has 0 atom stereocenters. The number of ether oxygens (including phenoxy) is 1. The van der Waals surface area contributed by atoms with Crippen LogP contribution in [-0.2, 0) is 4.74 Å². The standard InChI is InChI=1S/C13H14FN3O2/c1-3-19-13(18)10-7-16-17(12(10)15)11-5-4-9(14)6-8(11)2/h4-7H,3,15H2,1-2H3. The van der Waals surface area contributed by atoms with E-state index in [2.05, 4.69) is 5.10 Å². The van der Waals surface area contributed by atoms with E-state index in [-0.39, 0.29) is 23.8 Å². The van der Waals surface area contributed by atoms with Gasteiger partial charge in [0, 0.05) is 0 Å². The van der Waals surface area contributed by atoms with Gasteiger partial charge in [-0.2, -0.15) is 5.10 Å². The molecule has 2 aromatic rings. The van der Waals surface area contributed by atoms with Crippen LogP contribution in [-0.4, -0.2) is 22.4 Å². The molecule has 0 spiro atoms. The third-order valence-electron chi connectivity index (χ3n) is 2.69. The lowest BCUT2D eigenvalue weighted by Gasteiger charge is -2.08. The summed E-state index contributed by atoms with van der Waals surface area (Å²) in [6, 6.07) is 4.25. The molecule has 0 radical (unpaired) electrons. The molecule has 6 heteroatoms. The molecule has 0 unspecified atom stereocenters. The van der Waals surface area contributed by atoms with Crippen LogP contribution in [0.5, 0.6) is 0 Å². The predicted molar refractivity (Wildman–Crippen MR) is 68.6 cm³/mol. The van der Waals surface area contributed by atoms with Gasteiger partial charge in [0.1, 0.15) is 17.2 Å². The first-order chi connectivity index (χ1) is 9.04. The Morgan fingerprint density at radius 1 is 1.53 bits per heavy atom. The van der Waals surface area contributed by atoms with Crippen molar-refractivity contribution in [3.63, 3.8) is 0 Å². The molecule has 0 aliphatic heterocycles. The Labute approximate surface area is 109 Å². The van der Waals surface area contributed by atoms with Crippen LogP contribution in [0.25, 0.3) is 5.69 Å². The number of hydrogen-bond donors (Lipinski definition) is 1. The topological polar surface area (TPSA) is 70.1 Å². The number of anilines is 1. The molecule has 0 saturated heterocycles. The number of carbonyl (C=O) groups is 1. The molecule has 100 valence electrons. The number of rotatable bonds is 3. The third kappa shape index (κ3) is 2.42. The van der Waals surface area contributed by atoms with Gasteiger partial charge >= 0.3 is 5.97 Å². The Hall–Kier alpha value is -2.37. The van der Waals surface area contributed by atoms with Crippen LogP contribution in [0.3, 0.4) is 0 Å². The Bertz CT molecular complexity index is 622. The van der Waals surface area contributed by atoms with Crippen LogP contribution in [0.1, 0.15) is 22.8 Å². The number of aromatic nitrogens is 2. The average Bonchev–Trinajstić information content (AvgIpc) is 2.72. The lowest BCUT2D eigenvalue weighted by Crippen LogP contribution is -2.09. The highest BCUT2D eigenvalue weighted by Gasteiger charge is 2.17. The van der Waals surface area contributed by atoms with E-state index < -0.39 is 5.97 Å². The molecule has 2 N–H and O–H groups in total. The maximum Gasteiger partial charge on any atom is 0.343 e. The van der Waals surface area contributed by atoms with E-state index in [0.717, 1.165) is 0 Å². The first-order valence-electron chi connectivity index (χ1n) is 5.81. The average molecular weight is 263 g/mol. The van der Waals surface area contributed by atoms with Gasteiger partial charge in [-0.1, -0.05) is 0 Å². The smallest absolute Gasteiger partial charge is 0.343 e. The van der Waals surface area contributed by atoms with Gasteiger partial charge < -0.3 is 10.5 Å². The molecule has 5 nitrogen and oxygen atoms in total. The summed E-state index contributed by atoms with van der Waals surface area (Å²) in [4.78, 5) is 11.6. The molecule has 0 bridgehead atoms. The van der Waals surface area contributed by atoms with E-state index in [1.807, 2.05) is 0 Å². The van der Waals surface area contributed by atoms with Crippen molar-refractivity contribution < 1.29 is 13.9 Å². The first kappa shape index (κ1) is 13.1. The fraction of sp³-hybridized carbons (Fsp3) is 0.231. The van der Waals surface area contributed by atoms with E-state index >= 15 is 0 Å². The molecule has 0 fully saturated rings. The van der Waals surface area contributed by atoms with E-state index in [9.17, 15) is 9.18 Å². The van der Waals surface area contributed by atoms with E-state index in [1.54, 1.807) is 19.9 Å². The molecular formula is C13H14FN3O2. The first-order valence-corrected chi connectivity index (χ1v) is 5.81. The number of hydrogen-bond acceptors (Lipinski definition) is 4. The Morgan fingerprint density at radius 3 is 2.89 bits per heavy atom. The summed E-state index contributed by atoms with van der Waals surface area (Å²) in [6.45, 7) is 3.71. The summed E-state index contributed by atoms with van der Waals surface area (Å²) < 4.78 is 19.3. The van der Waals surface area contributed by atoms with E-state index in [0.29, 0.717) is 11.3 Å². The molecule has 0 amide bonds. The second-order valence-electron chi connectivity index (χ2n) is 4.01. The predicted octanol–water partition coefficient (Wildman–Crippen LogP) is 2.08. The van der Waals surface area contributed by atoms with E-state index in [1.165, 1.54) is 23.0 Å². The highest BCUT2D eigenvalue weighted by atomic mass is 19.1. The van der Waals surface area contributed by atoms with Gasteiger partial charge in [0.15, 0.2) is 0 Å². The summed E-state index contributed by atoms with van der Waals surface area (Å²) in [6.07, 6.45) is 1.34. The molecule has 0 aliphatic rings. The summed E-state index contributed by atoms with van der Waals surface area (Å²) in [7, 11) is 0. The maximum absolute atomic E-state index is 13.1. The van der Waals surface area contributed by atoms with Crippen LogP contribution in [0.2, 0.25) is 0 Å². The lowest BCUT2D eigenvalue weighted by molar-refractivity contribution is 0.0527. The zero-order chi connectivity index (χ0) is 14.0. The molecule has 1 aromatic carbocycles. The molecule has 1 aromatic heterocycles. The second-order valence-corrected chi connectivity index (χ2v) is 4.01.